The highest BCUT2D eigenvalue weighted by Crippen LogP contribution is 2.17. The number of hydrogen-bond donors (Lipinski definition) is 1. The summed E-state index contributed by atoms with van der Waals surface area (Å²) in [6.07, 6.45) is 0.737. The number of benzene rings is 1. The van der Waals surface area contributed by atoms with E-state index in [4.69, 9.17) is 5.73 Å². The molecule has 0 spiro atoms. The van der Waals surface area contributed by atoms with Gasteiger partial charge in [0.1, 0.15) is 5.82 Å². The van der Waals surface area contributed by atoms with Crippen LogP contribution in [0.2, 0.25) is 0 Å². The third-order valence-corrected chi connectivity index (χ3v) is 2.30. The van der Waals surface area contributed by atoms with Gasteiger partial charge in [-0.05, 0) is 18.6 Å². The number of nitrogen functional groups attached to an aromatic ring is 1. The molecule has 1 aromatic heterocycles. The van der Waals surface area contributed by atoms with E-state index in [1.54, 1.807) is 6.07 Å². The van der Waals surface area contributed by atoms with E-state index in [1.165, 1.54) is 10.7 Å². The smallest absolute Gasteiger partial charge is 0.160 e. The summed E-state index contributed by atoms with van der Waals surface area (Å²) in [5.41, 5.74) is 6.94. The maximum atomic E-state index is 13.0. The molecule has 0 aliphatic rings. The minimum absolute atomic E-state index is 0.405. The molecule has 0 bridgehead atoms. The van der Waals surface area contributed by atoms with Gasteiger partial charge < -0.3 is 5.73 Å². The summed E-state index contributed by atoms with van der Waals surface area (Å²) < 4.78 is 27.2. The largest absolute Gasteiger partial charge is 0.384 e. The van der Waals surface area contributed by atoms with E-state index in [0.717, 1.165) is 24.2 Å². The molecule has 0 aliphatic carbocycles. The van der Waals surface area contributed by atoms with Gasteiger partial charge in [-0.2, -0.15) is 5.10 Å². The van der Waals surface area contributed by atoms with E-state index in [1.807, 2.05) is 6.92 Å². The minimum atomic E-state index is -0.912. The molecule has 2 aromatic rings. The van der Waals surface area contributed by atoms with Gasteiger partial charge in [0.25, 0.3) is 0 Å². The van der Waals surface area contributed by atoms with Crippen LogP contribution >= 0.6 is 0 Å². The Bertz CT molecular complexity index is 520. The van der Waals surface area contributed by atoms with Crippen molar-refractivity contribution in [1.29, 1.82) is 0 Å². The second-order valence-electron chi connectivity index (χ2n) is 3.42. The van der Waals surface area contributed by atoms with Crippen LogP contribution in [0.3, 0.4) is 0 Å². The molecule has 1 heterocycles. The van der Waals surface area contributed by atoms with Crippen molar-refractivity contribution in [2.45, 2.75) is 13.3 Å². The van der Waals surface area contributed by atoms with Crippen molar-refractivity contribution < 1.29 is 8.78 Å². The topological polar surface area (TPSA) is 43.8 Å². The van der Waals surface area contributed by atoms with E-state index in [9.17, 15) is 8.78 Å². The lowest BCUT2D eigenvalue weighted by molar-refractivity contribution is 0.507. The molecule has 2 N–H and O–H groups in total. The van der Waals surface area contributed by atoms with Crippen molar-refractivity contribution in [2.75, 3.05) is 5.73 Å². The Morgan fingerprint density at radius 2 is 2.00 bits per heavy atom. The SMILES string of the molecule is CCc1cc(N)n(-c2ccc(F)c(F)c2)n1. The van der Waals surface area contributed by atoms with E-state index < -0.39 is 11.6 Å². The summed E-state index contributed by atoms with van der Waals surface area (Å²) in [6, 6.07) is 5.26. The van der Waals surface area contributed by atoms with Gasteiger partial charge in [-0.3, -0.25) is 0 Å². The molecule has 0 amide bonds. The van der Waals surface area contributed by atoms with Crippen molar-refractivity contribution in [2.24, 2.45) is 0 Å². The number of anilines is 1. The van der Waals surface area contributed by atoms with Gasteiger partial charge in [-0.25, -0.2) is 13.5 Å². The predicted octanol–water partition coefficient (Wildman–Crippen LogP) is 2.30. The van der Waals surface area contributed by atoms with Crippen molar-refractivity contribution in [3.05, 3.63) is 41.6 Å². The van der Waals surface area contributed by atoms with Crippen molar-refractivity contribution in [3.63, 3.8) is 0 Å². The van der Waals surface area contributed by atoms with Crippen LogP contribution < -0.4 is 5.73 Å². The second-order valence-corrected chi connectivity index (χ2v) is 3.42. The van der Waals surface area contributed by atoms with Gasteiger partial charge in [0, 0.05) is 12.1 Å². The standard InChI is InChI=1S/C11H11F2N3/c1-2-7-5-11(14)16(15-7)8-3-4-9(12)10(13)6-8/h3-6H,2,14H2,1H3. The summed E-state index contributed by atoms with van der Waals surface area (Å²) in [7, 11) is 0. The van der Waals surface area contributed by atoms with Gasteiger partial charge in [-0.1, -0.05) is 6.92 Å². The van der Waals surface area contributed by atoms with Crippen LogP contribution in [0.5, 0.6) is 0 Å². The maximum Gasteiger partial charge on any atom is 0.160 e. The van der Waals surface area contributed by atoms with Crippen LogP contribution in [-0.4, -0.2) is 9.78 Å². The van der Waals surface area contributed by atoms with Crippen molar-refractivity contribution >= 4 is 5.82 Å². The lowest BCUT2D eigenvalue weighted by Gasteiger charge is -2.03. The molecule has 0 unspecified atom stereocenters. The molecule has 0 aliphatic heterocycles. The molecular formula is C11H11F2N3. The number of hydrogen-bond acceptors (Lipinski definition) is 2. The third-order valence-electron chi connectivity index (χ3n) is 2.30. The normalized spacial score (nSPS) is 10.7. The van der Waals surface area contributed by atoms with Gasteiger partial charge in [0.2, 0.25) is 0 Å². The molecular weight excluding hydrogens is 212 g/mol. The maximum absolute atomic E-state index is 13.0. The van der Waals surface area contributed by atoms with Crippen molar-refractivity contribution in [3.8, 4) is 5.69 Å². The Labute approximate surface area is 91.5 Å². The van der Waals surface area contributed by atoms with Crippen LogP contribution in [-0.2, 0) is 6.42 Å². The zero-order valence-corrected chi connectivity index (χ0v) is 8.74. The van der Waals surface area contributed by atoms with Crippen LogP contribution in [0.15, 0.2) is 24.3 Å². The average Bonchev–Trinajstić information content (AvgIpc) is 2.64. The monoisotopic (exact) mass is 223 g/mol. The number of nitrogens with zero attached hydrogens (tertiary/aromatic N) is 2. The van der Waals surface area contributed by atoms with Gasteiger partial charge in [0.05, 0.1) is 11.4 Å². The zero-order valence-electron chi connectivity index (χ0n) is 8.74. The highest BCUT2D eigenvalue weighted by atomic mass is 19.2. The first-order valence-corrected chi connectivity index (χ1v) is 4.91. The molecule has 16 heavy (non-hydrogen) atoms. The average molecular weight is 223 g/mol. The quantitative estimate of drug-likeness (QED) is 0.848. The van der Waals surface area contributed by atoms with Crippen LogP contribution in [0.4, 0.5) is 14.6 Å². The fourth-order valence-electron chi connectivity index (χ4n) is 1.44. The first-order chi connectivity index (χ1) is 7.61. The molecule has 1 aromatic carbocycles. The predicted molar refractivity (Wildman–Crippen MR) is 57.3 cm³/mol. The first-order valence-electron chi connectivity index (χ1n) is 4.91. The van der Waals surface area contributed by atoms with Crippen LogP contribution in [0.1, 0.15) is 12.6 Å². The van der Waals surface area contributed by atoms with E-state index in [-0.39, 0.29) is 0 Å². The van der Waals surface area contributed by atoms with Gasteiger partial charge in [0.15, 0.2) is 11.6 Å². The molecule has 3 nitrogen and oxygen atoms in total. The van der Waals surface area contributed by atoms with Gasteiger partial charge >= 0.3 is 0 Å². The number of aryl methyl sites for hydroxylation is 1. The van der Waals surface area contributed by atoms with E-state index in [2.05, 4.69) is 5.10 Å². The highest BCUT2D eigenvalue weighted by Gasteiger charge is 2.08. The fourth-order valence-corrected chi connectivity index (χ4v) is 1.44. The van der Waals surface area contributed by atoms with Gasteiger partial charge in [-0.15, -0.1) is 0 Å². The molecule has 2 rings (SSSR count). The summed E-state index contributed by atoms with van der Waals surface area (Å²) >= 11 is 0. The lowest BCUT2D eigenvalue weighted by Crippen LogP contribution is -2.02. The minimum Gasteiger partial charge on any atom is -0.384 e. The Hall–Kier alpha value is -1.91. The fraction of sp³-hybridized carbons (Fsp3) is 0.182. The zero-order chi connectivity index (χ0) is 11.7. The number of rotatable bonds is 2. The van der Waals surface area contributed by atoms with E-state index >= 15 is 0 Å². The molecule has 0 saturated carbocycles. The number of nitrogens with two attached hydrogens (primary N) is 1. The van der Waals surface area contributed by atoms with E-state index in [0.29, 0.717) is 11.5 Å². The Morgan fingerprint density at radius 1 is 1.25 bits per heavy atom. The second kappa shape index (κ2) is 3.92. The highest BCUT2D eigenvalue weighted by molar-refractivity contribution is 5.43. The van der Waals surface area contributed by atoms with Crippen LogP contribution in [0, 0.1) is 11.6 Å². The molecule has 0 radical (unpaired) electrons. The Balaban J connectivity index is 2.49. The van der Waals surface area contributed by atoms with Crippen molar-refractivity contribution in [1.82, 2.24) is 9.78 Å². The Kier molecular flexibility index (Phi) is 2.60. The summed E-state index contributed by atoms with van der Waals surface area (Å²) in [5, 5.41) is 4.17. The van der Waals surface area contributed by atoms with Crippen LogP contribution in [0.25, 0.3) is 5.69 Å². The number of aromatic nitrogens is 2. The summed E-state index contributed by atoms with van der Waals surface area (Å²) in [6.45, 7) is 1.94. The molecule has 5 heteroatoms. The third kappa shape index (κ3) is 1.76. The molecule has 0 fully saturated rings. The first kappa shape index (κ1) is 10.6. The number of halogens is 2. The summed E-state index contributed by atoms with van der Waals surface area (Å²) in [4.78, 5) is 0. The molecule has 84 valence electrons. The molecule has 0 saturated heterocycles. The lowest BCUT2D eigenvalue weighted by atomic mass is 10.3. The summed E-state index contributed by atoms with van der Waals surface area (Å²) in [5.74, 6) is -1.39. The molecule has 0 atom stereocenters. The Morgan fingerprint density at radius 3 is 2.56 bits per heavy atom.